The third kappa shape index (κ3) is 32.9. The van der Waals surface area contributed by atoms with Crippen LogP contribution in [0.2, 0.25) is 0 Å². The van der Waals surface area contributed by atoms with Crippen molar-refractivity contribution in [3.8, 4) is 0 Å². The molecule has 0 fully saturated rings. The first-order chi connectivity index (χ1) is 22.0. The molecule has 2 amide bonds. The van der Waals surface area contributed by atoms with Crippen LogP contribution in [0.3, 0.4) is 0 Å². The van der Waals surface area contributed by atoms with E-state index in [1.165, 1.54) is 103 Å². The van der Waals surface area contributed by atoms with E-state index in [4.69, 9.17) is 9.05 Å². The molecule has 0 saturated heterocycles. The third-order valence-corrected chi connectivity index (χ3v) is 9.37. The predicted octanol–water partition coefficient (Wildman–Crippen LogP) is 8.83. The Balaban J connectivity index is 4.44. The fourth-order valence-corrected chi connectivity index (χ4v) is 6.08. The first kappa shape index (κ1) is 45.0. The maximum atomic E-state index is 12.7. The van der Waals surface area contributed by atoms with E-state index < -0.39 is 13.9 Å². The van der Waals surface area contributed by atoms with Gasteiger partial charge in [-0.3, -0.25) is 18.6 Å². The minimum absolute atomic E-state index is 0.0723. The van der Waals surface area contributed by atoms with Crippen molar-refractivity contribution in [3.05, 3.63) is 0 Å². The van der Waals surface area contributed by atoms with E-state index in [2.05, 4.69) is 24.5 Å². The van der Waals surface area contributed by atoms with Crippen LogP contribution in [0.5, 0.6) is 0 Å². The summed E-state index contributed by atoms with van der Waals surface area (Å²) in [5.74, 6) is -0.213. The van der Waals surface area contributed by atoms with E-state index in [0.717, 1.165) is 38.5 Å². The lowest BCUT2D eigenvalue weighted by Gasteiger charge is -2.24. The highest BCUT2D eigenvalue weighted by Crippen LogP contribution is 2.43. The molecule has 0 aliphatic carbocycles. The lowest BCUT2D eigenvalue weighted by molar-refractivity contribution is -0.870. The van der Waals surface area contributed by atoms with Crippen LogP contribution in [0.1, 0.15) is 168 Å². The summed E-state index contributed by atoms with van der Waals surface area (Å²) in [5.41, 5.74) is 0. The average molecular weight is 677 g/mol. The number of rotatable bonds is 34. The first-order valence-corrected chi connectivity index (χ1v) is 20.5. The summed E-state index contributed by atoms with van der Waals surface area (Å²) in [6.07, 6.45) is 27.6. The van der Waals surface area contributed by atoms with Gasteiger partial charge in [-0.1, -0.05) is 142 Å². The van der Waals surface area contributed by atoms with Crippen LogP contribution >= 0.6 is 7.82 Å². The number of phosphoric ester groups is 1. The number of hydrogen-bond acceptors (Lipinski definition) is 5. The highest BCUT2D eigenvalue weighted by molar-refractivity contribution is 7.47. The normalized spacial score (nSPS) is 13.8. The SMILES string of the molecule is CCCCCCCCCCCCCC(=O)NC[C@@H](COP(=O)(O)OCC[N+](C)(C)C)NC(=O)CCCCCCCCCCCCC. The van der Waals surface area contributed by atoms with Gasteiger partial charge in [0, 0.05) is 19.4 Å². The van der Waals surface area contributed by atoms with Gasteiger partial charge >= 0.3 is 7.82 Å². The zero-order chi connectivity index (χ0) is 34.4. The molecule has 0 aliphatic rings. The van der Waals surface area contributed by atoms with Crippen LogP contribution in [0.25, 0.3) is 0 Å². The number of likely N-dealkylation sites (N-methyl/N-ethyl adjacent to an activating group) is 1. The molecule has 0 aliphatic heterocycles. The summed E-state index contributed by atoms with van der Waals surface area (Å²) < 4.78 is 23.4. The molecular weight excluding hydrogens is 601 g/mol. The maximum absolute atomic E-state index is 12.7. The van der Waals surface area contributed by atoms with Gasteiger partial charge in [-0.2, -0.15) is 0 Å². The van der Waals surface area contributed by atoms with E-state index in [0.29, 0.717) is 23.9 Å². The van der Waals surface area contributed by atoms with Crippen molar-refractivity contribution in [1.29, 1.82) is 0 Å². The van der Waals surface area contributed by atoms with Crippen molar-refractivity contribution < 1.29 is 32.6 Å². The van der Waals surface area contributed by atoms with Gasteiger partial charge in [0.1, 0.15) is 13.2 Å². The summed E-state index contributed by atoms with van der Waals surface area (Å²) in [5, 5.41) is 5.79. The second-order valence-corrected chi connectivity index (χ2v) is 15.7. The zero-order valence-corrected chi connectivity index (χ0v) is 31.7. The molecule has 0 aromatic heterocycles. The molecular formula is C36H75N3O6P+. The van der Waals surface area contributed by atoms with Gasteiger partial charge < -0.3 is 20.0 Å². The molecule has 3 N–H and O–H groups in total. The summed E-state index contributed by atoms with van der Waals surface area (Å²) >= 11 is 0. The Bertz CT molecular complexity index is 777. The molecule has 0 heterocycles. The highest BCUT2D eigenvalue weighted by atomic mass is 31.2. The zero-order valence-electron chi connectivity index (χ0n) is 30.8. The predicted molar refractivity (Wildman–Crippen MR) is 192 cm³/mol. The van der Waals surface area contributed by atoms with Crippen LogP contribution in [0.4, 0.5) is 0 Å². The number of quaternary nitrogens is 1. The second kappa shape index (κ2) is 30.1. The average Bonchev–Trinajstić information content (AvgIpc) is 2.99. The van der Waals surface area contributed by atoms with Crippen LogP contribution in [-0.4, -0.2) is 74.7 Å². The minimum atomic E-state index is -4.29. The number of carbonyl (C=O) groups excluding carboxylic acids is 2. The molecule has 0 bridgehead atoms. The molecule has 0 aromatic rings. The Morgan fingerprint density at radius 3 is 1.43 bits per heavy atom. The quantitative estimate of drug-likeness (QED) is 0.0357. The summed E-state index contributed by atoms with van der Waals surface area (Å²) in [4.78, 5) is 35.4. The summed E-state index contributed by atoms with van der Waals surface area (Å²) in [6, 6.07) is -0.621. The van der Waals surface area contributed by atoms with E-state index in [9.17, 15) is 19.0 Å². The monoisotopic (exact) mass is 677 g/mol. The van der Waals surface area contributed by atoms with Crippen molar-refractivity contribution in [3.63, 3.8) is 0 Å². The molecule has 10 heteroatoms. The number of nitrogens with one attached hydrogen (secondary N) is 2. The van der Waals surface area contributed by atoms with Crippen molar-refractivity contribution in [2.75, 3.05) is 47.4 Å². The number of hydrogen-bond donors (Lipinski definition) is 3. The fraction of sp³-hybridized carbons (Fsp3) is 0.944. The van der Waals surface area contributed by atoms with Gasteiger partial charge in [0.2, 0.25) is 11.8 Å². The van der Waals surface area contributed by atoms with Gasteiger partial charge in [-0.15, -0.1) is 0 Å². The second-order valence-electron chi connectivity index (χ2n) is 14.3. The summed E-state index contributed by atoms with van der Waals surface area (Å²) in [7, 11) is 1.61. The number of nitrogens with zero attached hydrogens (tertiary/aromatic N) is 1. The molecule has 1 unspecified atom stereocenters. The summed E-state index contributed by atoms with van der Waals surface area (Å²) in [6.45, 7) is 5.02. The molecule has 0 aromatic carbocycles. The van der Waals surface area contributed by atoms with Crippen LogP contribution in [-0.2, 0) is 23.2 Å². The Morgan fingerprint density at radius 1 is 0.630 bits per heavy atom. The van der Waals surface area contributed by atoms with Gasteiger partial charge in [0.15, 0.2) is 0 Å². The Hall–Kier alpha value is -0.990. The van der Waals surface area contributed by atoms with Crippen LogP contribution in [0, 0.1) is 0 Å². The molecule has 2 atom stereocenters. The van der Waals surface area contributed by atoms with Gasteiger partial charge in [0.05, 0.1) is 33.8 Å². The molecule has 0 rings (SSSR count). The lowest BCUT2D eigenvalue weighted by Crippen LogP contribution is -2.46. The van der Waals surface area contributed by atoms with E-state index in [1.54, 1.807) is 0 Å². The largest absolute Gasteiger partial charge is 0.472 e. The topological polar surface area (TPSA) is 114 Å². The lowest BCUT2D eigenvalue weighted by atomic mass is 10.1. The van der Waals surface area contributed by atoms with Gasteiger partial charge in [-0.25, -0.2) is 4.57 Å². The van der Waals surface area contributed by atoms with Crippen molar-refractivity contribution in [2.45, 2.75) is 174 Å². The molecule has 0 radical (unpaired) electrons. The molecule has 0 spiro atoms. The molecule has 274 valence electrons. The molecule has 46 heavy (non-hydrogen) atoms. The number of phosphoric acid groups is 1. The van der Waals surface area contributed by atoms with Crippen molar-refractivity contribution >= 4 is 19.6 Å². The molecule has 9 nitrogen and oxygen atoms in total. The highest BCUT2D eigenvalue weighted by Gasteiger charge is 2.25. The van der Waals surface area contributed by atoms with Gasteiger partial charge in [-0.05, 0) is 12.8 Å². The Morgan fingerprint density at radius 2 is 1.02 bits per heavy atom. The van der Waals surface area contributed by atoms with E-state index >= 15 is 0 Å². The van der Waals surface area contributed by atoms with Gasteiger partial charge in [0.25, 0.3) is 0 Å². The Kier molecular flexibility index (Phi) is 29.4. The number of unbranched alkanes of at least 4 members (excludes halogenated alkanes) is 20. The number of carbonyl (C=O) groups is 2. The van der Waals surface area contributed by atoms with Crippen LogP contribution in [0.15, 0.2) is 0 Å². The first-order valence-electron chi connectivity index (χ1n) is 19.0. The van der Waals surface area contributed by atoms with E-state index in [1.807, 2.05) is 21.1 Å². The standard InChI is InChI=1S/C36H74N3O6P/c1-6-8-10-12-14-16-18-20-22-24-26-28-35(40)37-32-34(33-45-46(42,43)44-31-30-39(3,4)5)38-36(41)29-27-25-23-21-19-17-15-13-11-9-7-2/h34H,6-33H2,1-5H3,(H2-,37,38,40,41,42,43)/p+1/t34-/m0/s1. The Labute approximate surface area is 283 Å². The fourth-order valence-electron chi connectivity index (χ4n) is 5.33. The smallest absolute Gasteiger partial charge is 0.354 e. The minimum Gasteiger partial charge on any atom is -0.354 e. The maximum Gasteiger partial charge on any atom is 0.472 e. The van der Waals surface area contributed by atoms with Crippen LogP contribution < -0.4 is 10.6 Å². The molecule has 0 saturated carbocycles. The van der Waals surface area contributed by atoms with E-state index in [-0.39, 0.29) is 31.6 Å². The third-order valence-electron chi connectivity index (χ3n) is 8.38. The van der Waals surface area contributed by atoms with Crippen molar-refractivity contribution in [1.82, 2.24) is 10.6 Å². The van der Waals surface area contributed by atoms with Crippen molar-refractivity contribution in [2.24, 2.45) is 0 Å². The number of amides is 2.